The van der Waals surface area contributed by atoms with Crippen LogP contribution in [0.15, 0.2) is 17.2 Å². The highest BCUT2D eigenvalue weighted by atomic mass is 32.2. The van der Waals surface area contributed by atoms with Gasteiger partial charge in [-0.1, -0.05) is 32.5 Å². The number of nitrogens with one attached hydrogen (secondary N) is 1. The van der Waals surface area contributed by atoms with Crippen LogP contribution >= 0.6 is 11.8 Å². The van der Waals surface area contributed by atoms with Crippen molar-refractivity contribution in [1.82, 2.24) is 4.98 Å². The summed E-state index contributed by atoms with van der Waals surface area (Å²) in [5.74, 6) is 0.671. The van der Waals surface area contributed by atoms with Gasteiger partial charge in [-0.2, -0.15) is 0 Å². The van der Waals surface area contributed by atoms with Gasteiger partial charge in [0.1, 0.15) is 5.82 Å². The van der Waals surface area contributed by atoms with E-state index in [1.807, 2.05) is 27.7 Å². The zero-order valence-corrected chi connectivity index (χ0v) is 11.3. The van der Waals surface area contributed by atoms with E-state index in [1.54, 1.807) is 6.07 Å². The molecular weight excluding hydrogens is 238 g/mol. The number of hydrogen-bond donors (Lipinski definition) is 1. The minimum Gasteiger partial charge on any atom is -0.370 e. The Morgan fingerprint density at radius 3 is 2.59 bits per heavy atom. The third-order valence-electron chi connectivity index (χ3n) is 1.80. The van der Waals surface area contributed by atoms with Crippen LogP contribution in [-0.4, -0.2) is 21.2 Å². The van der Waals surface area contributed by atoms with Crippen molar-refractivity contribution in [3.05, 3.63) is 22.2 Å². The second kappa shape index (κ2) is 5.35. The molecule has 17 heavy (non-hydrogen) atoms. The maximum Gasteiger partial charge on any atom is 0.301 e. The molecule has 5 nitrogen and oxygen atoms in total. The van der Waals surface area contributed by atoms with E-state index in [-0.39, 0.29) is 10.4 Å². The van der Waals surface area contributed by atoms with E-state index in [4.69, 9.17) is 0 Å². The minimum absolute atomic E-state index is 0.0616. The molecule has 0 fully saturated rings. The van der Waals surface area contributed by atoms with Gasteiger partial charge in [-0.25, -0.2) is 4.98 Å². The van der Waals surface area contributed by atoms with Crippen LogP contribution in [0.25, 0.3) is 0 Å². The Hall–Kier alpha value is -1.30. The number of aromatic nitrogens is 1. The summed E-state index contributed by atoms with van der Waals surface area (Å²) in [5.41, 5.74) is 0.0616. The first-order chi connectivity index (χ1) is 7.83. The highest BCUT2D eigenvalue weighted by Gasteiger charge is 2.22. The Kier molecular flexibility index (Phi) is 4.34. The number of pyridine rings is 1. The smallest absolute Gasteiger partial charge is 0.301 e. The molecule has 0 saturated carbocycles. The van der Waals surface area contributed by atoms with Crippen LogP contribution in [0.3, 0.4) is 0 Å². The standard InChI is InChI=1S/C11H17N3O2S/c1-5-12-9-7-6-8(14(15)16)10(13-9)17-11(2,3)4/h6-7H,5H2,1-4H3,(H,12,13). The summed E-state index contributed by atoms with van der Waals surface area (Å²) in [6, 6.07) is 3.13. The van der Waals surface area contributed by atoms with Crippen molar-refractivity contribution in [2.75, 3.05) is 11.9 Å². The van der Waals surface area contributed by atoms with Gasteiger partial charge in [0.05, 0.1) is 4.92 Å². The monoisotopic (exact) mass is 255 g/mol. The first-order valence-corrected chi connectivity index (χ1v) is 6.23. The van der Waals surface area contributed by atoms with Crippen LogP contribution < -0.4 is 5.32 Å². The van der Waals surface area contributed by atoms with Gasteiger partial charge in [0, 0.05) is 17.4 Å². The van der Waals surface area contributed by atoms with Crippen molar-refractivity contribution in [2.45, 2.75) is 37.5 Å². The lowest BCUT2D eigenvalue weighted by Crippen LogP contribution is -2.09. The molecule has 1 aromatic heterocycles. The van der Waals surface area contributed by atoms with Gasteiger partial charge in [0.25, 0.3) is 0 Å². The van der Waals surface area contributed by atoms with Crippen LogP contribution in [0.2, 0.25) is 0 Å². The van der Waals surface area contributed by atoms with E-state index in [1.165, 1.54) is 17.8 Å². The quantitative estimate of drug-likeness (QED) is 0.508. The van der Waals surface area contributed by atoms with E-state index < -0.39 is 4.92 Å². The zero-order chi connectivity index (χ0) is 13.1. The predicted octanol–water partition coefficient (Wildman–Crippen LogP) is 3.31. The fraction of sp³-hybridized carbons (Fsp3) is 0.545. The average Bonchev–Trinajstić information content (AvgIpc) is 2.15. The highest BCUT2D eigenvalue weighted by Crippen LogP contribution is 2.36. The van der Waals surface area contributed by atoms with E-state index in [0.29, 0.717) is 10.8 Å². The van der Waals surface area contributed by atoms with Crippen molar-refractivity contribution < 1.29 is 4.92 Å². The van der Waals surface area contributed by atoms with Crippen molar-refractivity contribution in [3.8, 4) is 0 Å². The predicted molar refractivity (Wildman–Crippen MR) is 70.7 cm³/mol. The number of rotatable bonds is 4. The zero-order valence-electron chi connectivity index (χ0n) is 10.5. The summed E-state index contributed by atoms with van der Waals surface area (Å²) in [5, 5.41) is 14.4. The van der Waals surface area contributed by atoms with Gasteiger partial charge in [-0.15, -0.1) is 0 Å². The Balaban J connectivity index is 3.11. The van der Waals surface area contributed by atoms with Gasteiger partial charge in [-0.3, -0.25) is 10.1 Å². The van der Waals surface area contributed by atoms with Gasteiger partial charge in [0.2, 0.25) is 0 Å². The molecule has 0 aliphatic rings. The van der Waals surface area contributed by atoms with Crippen LogP contribution in [0.5, 0.6) is 0 Å². The summed E-state index contributed by atoms with van der Waals surface area (Å²) in [4.78, 5) is 14.8. The van der Waals surface area contributed by atoms with Gasteiger partial charge in [0.15, 0.2) is 5.03 Å². The molecule has 0 aromatic carbocycles. The largest absolute Gasteiger partial charge is 0.370 e. The van der Waals surface area contributed by atoms with Crippen LogP contribution in [0.1, 0.15) is 27.7 Å². The molecule has 0 bridgehead atoms. The van der Waals surface area contributed by atoms with Crippen molar-refractivity contribution in [3.63, 3.8) is 0 Å². The lowest BCUT2D eigenvalue weighted by Gasteiger charge is -2.17. The fourth-order valence-electron chi connectivity index (χ4n) is 1.22. The van der Waals surface area contributed by atoms with E-state index in [0.717, 1.165) is 6.54 Å². The van der Waals surface area contributed by atoms with E-state index in [2.05, 4.69) is 10.3 Å². The number of nitrogens with zero attached hydrogens (tertiary/aromatic N) is 2. The summed E-state index contributed by atoms with van der Waals surface area (Å²) in [6.07, 6.45) is 0. The normalized spacial score (nSPS) is 11.3. The highest BCUT2D eigenvalue weighted by molar-refractivity contribution is 8.00. The van der Waals surface area contributed by atoms with E-state index in [9.17, 15) is 10.1 Å². The van der Waals surface area contributed by atoms with Gasteiger partial charge < -0.3 is 5.32 Å². The van der Waals surface area contributed by atoms with E-state index >= 15 is 0 Å². The van der Waals surface area contributed by atoms with Crippen LogP contribution in [0, 0.1) is 10.1 Å². The molecule has 0 aliphatic heterocycles. The molecule has 94 valence electrons. The molecule has 0 spiro atoms. The van der Waals surface area contributed by atoms with Crippen LogP contribution in [-0.2, 0) is 0 Å². The second-order valence-corrected chi connectivity index (χ2v) is 6.34. The minimum atomic E-state index is -0.392. The molecule has 0 saturated heterocycles. The van der Waals surface area contributed by atoms with Crippen LogP contribution in [0.4, 0.5) is 11.5 Å². The molecule has 1 heterocycles. The number of anilines is 1. The molecule has 0 unspecified atom stereocenters. The van der Waals surface area contributed by atoms with Crippen molar-refractivity contribution >= 4 is 23.3 Å². The van der Waals surface area contributed by atoms with Crippen molar-refractivity contribution in [1.29, 1.82) is 0 Å². The average molecular weight is 255 g/mol. The number of hydrogen-bond acceptors (Lipinski definition) is 5. The molecule has 0 amide bonds. The summed E-state index contributed by atoms with van der Waals surface area (Å²) >= 11 is 1.40. The second-order valence-electron chi connectivity index (χ2n) is 4.52. The SMILES string of the molecule is CCNc1ccc([N+](=O)[O-])c(SC(C)(C)C)n1. The topological polar surface area (TPSA) is 68.1 Å². The summed E-state index contributed by atoms with van der Waals surface area (Å²) in [7, 11) is 0. The fourth-order valence-corrected chi connectivity index (χ4v) is 2.19. The Morgan fingerprint density at radius 2 is 2.12 bits per heavy atom. The first kappa shape index (κ1) is 13.8. The third kappa shape index (κ3) is 4.22. The number of thioether (sulfide) groups is 1. The number of nitro groups is 1. The lowest BCUT2D eigenvalue weighted by molar-refractivity contribution is -0.388. The van der Waals surface area contributed by atoms with Gasteiger partial charge in [-0.05, 0) is 13.0 Å². The Labute approximate surface area is 105 Å². The summed E-state index contributed by atoms with van der Waals surface area (Å²) in [6.45, 7) is 8.71. The Morgan fingerprint density at radius 1 is 1.47 bits per heavy atom. The maximum absolute atomic E-state index is 10.9. The third-order valence-corrected chi connectivity index (χ3v) is 2.90. The first-order valence-electron chi connectivity index (χ1n) is 5.42. The molecule has 6 heteroatoms. The molecule has 0 radical (unpaired) electrons. The van der Waals surface area contributed by atoms with Gasteiger partial charge >= 0.3 is 5.69 Å². The molecule has 1 aromatic rings. The molecule has 0 aliphatic carbocycles. The molecular formula is C11H17N3O2S. The lowest BCUT2D eigenvalue weighted by atomic mass is 10.3. The summed E-state index contributed by atoms with van der Waals surface area (Å²) < 4.78 is -0.109. The maximum atomic E-state index is 10.9. The molecule has 1 rings (SSSR count). The Bertz CT molecular complexity index is 416. The molecule has 0 atom stereocenters. The van der Waals surface area contributed by atoms with Crippen molar-refractivity contribution in [2.24, 2.45) is 0 Å². The molecule has 1 N–H and O–H groups in total.